The minimum Gasteiger partial charge on any atom is -0.496 e. The Morgan fingerprint density at radius 3 is 2.67 bits per heavy atom. The Morgan fingerprint density at radius 1 is 1.04 bits per heavy atom. The maximum absolute atomic E-state index is 10.8. The first-order valence-corrected chi connectivity index (χ1v) is 7.38. The predicted molar refractivity (Wildman–Crippen MR) is 89.1 cm³/mol. The molecule has 4 rings (SSSR count). The normalized spacial score (nSPS) is 10.9. The van der Waals surface area contributed by atoms with Crippen LogP contribution in [0.5, 0.6) is 5.75 Å². The lowest BCUT2D eigenvalue weighted by Gasteiger charge is -2.07. The number of aldehydes is 1. The largest absolute Gasteiger partial charge is 0.496 e. The zero-order valence-electron chi connectivity index (χ0n) is 12.9. The minimum absolute atomic E-state index is 0.263. The highest BCUT2D eigenvalue weighted by atomic mass is 16.5. The molecule has 0 aliphatic rings. The van der Waals surface area contributed by atoms with Crippen molar-refractivity contribution in [3.05, 3.63) is 60.4 Å². The van der Waals surface area contributed by atoms with Gasteiger partial charge in [-0.1, -0.05) is 12.1 Å². The van der Waals surface area contributed by atoms with Gasteiger partial charge in [-0.3, -0.25) is 4.79 Å². The number of hydrogen-bond donors (Lipinski definition) is 0. The van der Waals surface area contributed by atoms with Gasteiger partial charge >= 0.3 is 0 Å². The average Bonchev–Trinajstić information content (AvgIpc) is 3.27. The fraction of sp³-hybridized carbons (Fsp3) is 0.0526. The van der Waals surface area contributed by atoms with Crippen LogP contribution in [0.1, 0.15) is 10.6 Å². The monoisotopic (exact) mass is 319 g/mol. The van der Waals surface area contributed by atoms with E-state index in [4.69, 9.17) is 13.6 Å². The Bertz CT molecular complexity index is 996. The fourth-order valence-electron chi connectivity index (χ4n) is 2.59. The highest BCUT2D eigenvalue weighted by Gasteiger charge is 2.15. The highest BCUT2D eigenvalue weighted by molar-refractivity contribution is 5.79. The second-order valence-corrected chi connectivity index (χ2v) is 5.22. The van der Waals surface area contributed by atoms with Gasteiger partial charge in [-0.25, -0.2) is 4.98 Å². The average molecular weight is 319 g/mol. The first-order valence-electron chi connectivity index (χ1n) is 7.38. The number of oxazole rings is 1. The summed E-state index contributed by atoms with van der Waals surface area (Å²) < 4.78 is 16.7. The summed E-state index contributed by atoms with van der Waals surface area (Å²) >= 11 is 0. The molecule has 0 saturated carbocycles. The van der Waals surface area contributed by atoms with Crippen molar-refractivity contribution in [2.45, 2.75) is 0 Å². The summed E-state index contributed by atoms with van der Waals surface area (Å²) in [5.74, 6) is 1.97. The van der Waals surface area contributed by atoms with Gasteiger partial charge in [0.15, 0.2) is 17.6 Å². The summed E-state index contributed by atoms with van der Waals surface area (Å²) in [5.41, 5.74) is 3.05. The Hall–Kier alpha value is -3.34. The van der Waals surface area contributed by atoms with Crippen molar-refractivity contribution < 1.29 is 18.4 Å². The number of hydrogen-bond acceptors (Lipinski definition) is 5. The molecule has 5 nitrogen and oxygen atoms in total. The number of nitrogens with zero attached hydrogens (tertiary/aromatic N) is 1. The molecule has 0 aliphatic carbocycles. The van der Waals surface area contributed by atoms with E-state index < -0.39 is 0 Å². The van der Waals surface area contributed by atoms with Crippen molar-refractivity contribution in [3.8, 4) is 28.5 Å². The third-order valence-corrected chi connectivity index (χ3v) is 3.75. The molecule has 2 heterocycles. The number of furan rings is 1. The van der Waals surface area contributed by atoms with E-state index in [0.717, 1.165) is 22.2 Å². The van der Waals surface area contributed by atoms with Crippen LogP contribution in [0.4, 0.5) is 0 Å². The third kappa shape index (κ3) is 2.36. The maximum atomic E-state index is 10.8. The number of methoxy groups -OCH3 is 1. The summed E-state index contributed by atoms with van der Waals surface area (Å²) in [7, 11) is 1.58. The van der Waals surface area contributed by atoms with E-state index in [9.17, 15) is 4.79 Å². The molecule has 0 aliphatic heterocycles. The van der Waals surface area contributed by atoms with Gasteiger partial charge in [0.25, 0.3) is 0 Å². The van der Waals surface area contributed by atoms with E-state index in [0.29, 0.717) is 23.7 Å². The lowest BCUT2D eigenvalue weighted by atomic mass is 10.1. The molecular formula is C19H13NO4. The first-order chi connectivity index (χ1) is 11.8. The van der Waals surface area contributed by atoms with E-state index in [1.54, 1.807) is 19.2 Å². The van der Waals surface area contributed by atoms with Crippen molar-refractivity contribution in [3.63, 3.8) is 0 Å². The number of rotatable bonds is 4. The Morgan fingerprint density at radius 2 is 1.92 bits per heavy atom. The van der Waals surface area contributed by atoms with Crippen molar-refractivity contribution in [2.75, 3.05) is 7.11 Å². The molecule has 0 atom stereocenters. The molecule has 0 N–H and O–H groups in total. The molecular weight excluding hydrogens is 306 g/mol. The van der Waals surface area contributed by atoms with E-state index in [1.807, 2.05) is 42.5 Å². The van der Waals surface area contributed by atoms with E-state index >= 15 is 0 Å². The van der Waals surface area contributed by atoms with Gasteiger partial charge in [0.05, 0.1) is 12.7 Å². The van der Waals surface area contributed by atoms with Gasteiger partial charge in [-0.15, -0.1) is 0 Å². The number of benzene rings is 2. The van der Waals surface area contributed by atoms with Gasteiger partial charge in [-0.2, -0.15) is 0 Å². The molecule has 0 saturated heterocycles. The van der Waals surface area contributed by atoms with Crippen LogP contribution < -0.4 is 4.74 Å². The number of aromatic nitrogens is 1. The summed E-state index contributed by atoms with van der Waals surface area (Å²) in [6.45, 7) is 0. The minimum atomic E-state index is 0.263. The van der Waals surface area contributed by atoms with Gasteiger partial charge in [0, 0.05) is 5.56 Å². The summed E-state index contributed by atoms with van der Waals surface area (Å²) in [6, 6.07) is 16.5. The van der Waals surface area contributed by atoms with Crippen molar-refractivity contribution in [1.82, 2.24) is 4.98 Å². The van der Waals surface area contributed by atoms with E-state index in [-0.39, 0.29) is 5.76 Å². The van der Waals surface area contributed by atoms with Crippen molar-refractivity contribution in [2.24, 2.45) is 0 Å². The topological polar surface area (TPSA) is 65.5 Å². The van der Waals surface area contributed by atoms with Gasteiger partial charge in [-0.05, 0) is 42.5 Å². The zero-order valence-corrected chi connectivity index (χ0v) is 12.9. The standard InChI is InChI=1S/C19H13NO4/c1-22-16-8-6-12(10-14(16)17-9-7-13(11-21)23-17)19-20-15-4-2-3-5-18(15)24-19/h2-11H,1H3. The van der Waals surface area contributed by atoms with Crippen LogP contribution in [-0.4, -0.2) is 18.4 Å². The maximum Gasteiger partial charge on any atom is 0.227 e. The van der Waals surface area contributed by atoms with Gasteiger partial charge in [0.1, 0.15) is 17.0 Å². The van der Waals surface area contributed by atoms with Crippen LogP contribution >= 0.6 is 0 Å². The quantitative estimate of drug-likeness (QED) is 0.515. The molecule has 0 bridgehead atoms. The SMILES string of the molecule is COc1ccc(-c2nc3ccccc3o2)cc1-c1ccc(C=O)o1. The molecule has 0 fully saturated rings. The number of fused-ring (bicyclic) bond motifs is 1. The van der Waals surface area contributed by atoms with Crippen LogP contribution in [0.2, 0.25) is 0 Å². The number of carbonyl (C=O) groups excluding carboxylic acids is 1. The second-order valence-electron chi connectivity index (χ2n) is 5.22. The van der Waals surface area contributed by atoms with Crippen molar-refractivity contribution >= 4 is 17.4 Å². The number of para-hydroxylation sites is 2. The van der Waals surface area contributed by atoms with Crippen LogP contribution in [0, 0.1) is 0 Å². The van der Waals surface area contributed by atoms with E-state index in [1.165, 1.54) is 0 Å². The molecule has 0 spiro atoms. The van der Waals surface area contributed by atoms with Crippen molar-refractivity contribution in [1.29, 1.82) is 0 Å². The molecule has 4 aromatic rings. The summed E-state index contributed by atoms with van der Waals surface area (Å²) in [6.07, 6.45) is 0.667. The summed E-state index contributed by atoms with van der Waals surface area (Å²) in [5, 5.41) is 0. The molecule has 5 heteroatoms. The smallest absolute Gasteiger partial charge is 0.227 e. The molecule has 24 heavy (non-hydrogen) atoms. The van der Waals surface area contributed by atoms with Crippen LogP contribution in [0.3, 0.4) is 0 Å². The number of carbonyl (C=O) groups is 1. The molecule has 0 amide bonds. The molecule has 0 radical (unpaired) electrons. The Labute approximate surface area is 137 Å². The Kier molecular flexibility index (Phi) is 3.39. The Balaban J connectivity index is 1.85. The fourth-order valence-corrected chi connectivity index (χ4v) is 2.59. The number of ether oxygens (including phenoxy) is 1. The van der Waals surface area contributed by atoms with Crippen LogP contribution in [-0.2, 0) is 0 Å². The van der Waals surface area contributed by atoms with Crippen LogP contribution in [0.25, 0.3) is 33.9 Å². The lowest BCUT2D eigenvalue weighted by molar-refractivity contribution is 0.110. The zero-order chi connectivity index (χ0) is 16.5. The van der Waals surface area contributed by atoms with E-state index in [2.05, 4.69) is 4.98 Å². The second kappa shape index (κ2) is 5.70. The molecule has 0 unspecified atom stereocenters. The highest BCUT2D eigenvalue weighted by Crippen LogP contribution is 2.35. The molecule has 2 aromatic carbocycles. The molecule has 118 valence electrons. The third-order valence-electron chi connectivity index (χ3n) is 3.75. The van der Waals surface area contributed by atoms with Gasteiger partial charge < -0.3 is 13.6 Å². The first kappa shape index (κ1) is 14.3. The summed E-state index contributed by atoms with van der Waals surface area (Å²) in [4.78, 5) is 15.3. The van der Waals surface area contributed by atoms with Crippen LogP contribution in [0.15, 0.2) is 63.4 Å². The lowest BCUT2D eigenvalue weighted by Crippen LogP contribution is -1.88. The predicted octanol–water partition coefficient (Wildman–Crippen LogP) is 4.58. The molecule has 2 aromatic heterocycles. The van der Waals surface area contributed by atoms with Gasteiger partial charge in [0.2, 0.25) is 5.89 Å².